The summed E-state index contributed by atoms with van der Waals surface area (Å²) in [5, 5.41) is 8.72. The molecule has 0 N–H and O–H groups in total. The fourth-order valence-electron chi connectivity index (χ4n) is 3.24. The zero-order valence-electron chi connectivity index (χ0n) is 12.7. The topological polar surface area (TPSA) is 46.3 Å². The minimum absolute atomic E-state index is 0.397. The number of rotatable bonds is 2. The molecule has 1 saturated heterocycles. The van der Waals surface area contributed by atoms with Crippen LogP contribution in [0.3, 0.4) is 0 Å². The summed E-state index contributed by atoms with van der Waals surface area (Å²) in [5.41, 5.74) is 1.98. The van der Waals surface area contributed by atoms with E-state index in [-0.39, 0.29) is 0 Å². The lowest BCUT2D eigenvalue weighted by atomic mass is 9.97. The van der Waals surface area contributed by atoms with E-state index in [1.165, 1.54) is 0 Å². The molecule has 0 amide bonds. The van der Waals surface area contributed by atoms with Crippen LogP contribution in [0.5, 0.6) is 0 Å². The van der Waals surface area contributed by atoms with Gasteiger partial charge in [-0.3, -0.25) is 4.40 Å². The van der Waals surface area contributed by atoms with Gasteiger partial charge in [0.05, 0.1) is 0 Å². The Balaban J connectivity index is 1.63. The number of hydrogen-bond donors (Lipinski definition) is 0. The maximum absolute atomic E-state index is 4.66. The van der Waals surface area contributed by atoms with E-state index in [9.17, 15) is 0 Å². The van der Waals surface area contributed by atoms with E-state index in [0.717, 1.165) is 48.9 Å². The lowest BCUT2D eigenvalue weighted by molar-refractivity contribution is 0.485. The number of nitrogens with zero attached hydrogens (tertiary/aromatic N) is 5. The van der Waals surface area contributed by atoms with Crippen LogP contribution in [0.15, 0.2) is 42.6 Å². The van der Waals surface area contributed by atoms with Crippen LogP contribution in [0.4, 0.5) is 5.82 Å². The number of fused-ring (bicyclic) bond motifs is 1. The van der Waals surface area contributed by atoms with Crippen molar-refractivity contribution in [1.29, 1.82) is 0 Å². The SMILES string of the molecule is Cc1cccc(N2CCCC(c3nnc4ccccn34)C2)n1. The monoisotopic (exact) mass is 293 g/mol. The molecule has 4 heterocycles. The first-order valence-corrected chi connectivity index (χ1v) is 7.79. The van der Waals surface area contributed by atoms with Crippen LogP contribution < -0.4 is 4.90 Å². The summed E-state index contributed by atoms with van der Waals surface area (Å²) in [6, 6.07) is 12.2. The Morgan fingerprint density at radius 1 is 1.09 bits per heavy atom. The van der Waals surface area contributed by atoms with Gasteiger partial charge in [-0.1, -0.05) is 12.1 Å². The Bertz CT molecular complexity index is 794. The molecule has 4 rings (SSSR count). The standard InChI is InChI=1S/C17H19N5/c1-13-6-4-9-15(18-13)21-10-5-7-14(12-21)17-20-19-16-8-2-3-11-22(16)17/h2-4,6,8-9,11,14H,5,7,10,12H2,1H3. The summed E-state index contributed by atoms with van der Waals surface area (Å²) >= 11 is 0. The van der Waals surface area contributed by atoms with Crippen molar-refractivity contribution in [3.63, 3.8) is 0 Å². The normalized spacial score (nSPS) is 18.8. The van der Waals surface area contributed by atoms with E-state index in [1.807, 2.05) is 31.2 Å². The van der Waals surface area contributed by atoms with E-state index in [0.29, 0.717) is 5.92 Å². The van der Waals surface area contributed by atoms with Gasteiger partial charge in [0.15, 0.2) is 5.65 Å². The van der Waals surface area contributed by atoms with Crippen LogP contribution in [0, 0.1) is 6.92 Å². The summed E-state index contributed by atoms with van der Waals surface area (Å²) in [7, 11) is 0. The largest absolute Gasteiger partial charge is 0.356 e. The smallest absolute Gasteiger partial charge is 0.160 e. The van der Waals surface area contributed by atoms with Crippen molar-refractivity contribution in [3.8, 4) is 0 Å². The third-order valence-electron chi connectivity index (χ3n) is 4.32. The van der Waals surface area contributed by atoms with Crippen molar-refractivity contribution in [3.05, 3.63) is 54.1 Å². The summed E-state index contributed by atoms with van der Waals surface area (Å²) in [4.78, 5) is 7.02. The molecule has 1 fully saturated rings. The Morgan fingerprint density at radius 3 is 2.95 bits per heavy atom. The van der Waals surface area contributed by atoms with Crippen LogP contribution in [-0.2, 0) is 0 Å². The van der Waals surface area contributed by atoms with Crippen LogP contribution in [0.1, 0.15) is 30.3 Å². The average molecular weight is 293 g/mol. The molecule has 5 heteroatoms. The number of hydrogen-bond acceptors (Lipinski definition) is 4. The van der Waals surface area contributed by atoms with Gasteiger partial charge in [0.25, 0.3) is 0 Å². The Morgan fingerprint density at radius 2 is 2.05 bits per heavy atom. The number of pyridine rings is 2. The van der Waals surface area contributed by atoms with E-state index < -0.39 is 0 Å². The lowest BCUT2D eigenvalue weighted by Crippen LogP contribution is -2.35. The summed E-state index contributed by atoms with van der Waals surface area (Å²) < 4.78 is 2.11. The minimum atomic E-state index is 0.397. The van der Waals surface area contributed by atoms with E-state index in [4.69, 9.17) is 0 Å². The molecule has 0 aliphatic carbocycles. The Labute approximate surface area is 129 Å². The van der Waals surface area contributed by atoms with Gasteiger partial charge in [0, 0.05) is 30.9 Å². The molecule has 3 aromatic heterocycles. The van der Waals surface area contributed by atoms with Gasteiger partial charge in [-0.15, -0.1) is 10.2 Å². The van der Waals surface area contributed by atoms with Crippen LogP contribution in [-0.4, -0.2) is 32.7 Å². The van der Waals surface area contributed by atoms with Gasteiger partial charge < -0.3 is 4.90 Å². The molecule has 3 aromatic rings. The third kappa shape index (κ3) is 2.32. The van der Waals surface area contributed by atoms with Crippen molar-refractivity contribution in [2.75, 3.05) is 18.0 Å². The highest BCUT2D eigenvalue weighted by Gasteiger charge is 2.25. The molecule has 0 saturated carbocycles. The number of piperidine rings is 1. The second-order valence-corrected chi connectivity index (χ2v) is 5.91. The predicted octanol–water partition coefficient (Wildman–Crippen LogP) is 2.82. The van der Waals surface area contributed by atoms with Gasteiger partial charge in [0.1, 0.15) is 11.6 Å². The van der Waals surface area contributed by atoms with Crippen molar-refractivity contribution in [1.82, 2.24) is 19.6 Å². The highest BCUT2D eigenvalue weighted by molar-refractivity contribution is 5.42. The van der Waals surface area contributed by atoms with Gasteiger partial charge in [-0.05, 0) is 44.0 Å². The second kappa shape index (κ2) is 5.40. The number of anilines is 1. The first kappa shape index (κ1) is 13.2. The summed E-state index contributed by atoms with van der Waals surface area (Å²) in [6.07, 6.45) is 4.36. The van der Waals surface area contributed by atoms with E-state index >= 15 is 0 Å². The van der Waals surface area contributed by atoms with Crippen LogP contribution in [0.2, 0.25) is 0 Å². The first-order valence-electron chi connectivity index (χ1n) is 7.79. The molecule has 0 aromatic carbocycles. The van der Waals surface area contributed by atoms with Crippen LogP contribution in [0.25, 0.3) is 5.65 Å². The van der Waals surface area contributed by atoms with Crippen molar-refractivity contribution >= 4 is 11.5 Å². The highest BCUT2D eigenvalue weighted by atomic mass is 15.3. The molecule has 22 heavy (non-hydrogen) atoms. The molecule has 112 valence electrons. The van der Waals surface area contributed by atoms with E-state index in [1.54, 1.807) is 0 Å². The van der Waals surface area contributed by atoms with Gasteiger partial charge in [-0.2, -0.15) is 0 Å². The quantitative estimate of drug-likeness (QED) is 0.729. The van der Waals surface area contributed by atoms with Crippen molar-refractivity contribution < 1.29 is 0 Å². The van der Waals surface area contributed by atoms with Crippen molar-refractivity contribution in [2.45, 2.75) is 25.7 Å². The van der Waals surface area contributed by atoms with Gasteiger partial charge in [-0.25, -0.2) is 4.98 Å². The maximum Gasteiger partial charge on any atom is 0.160 e. The molecule has 1 unspecified atom stereocenters. The lowest BCUT2D eigenvalue weighted by Gasteiger charge is -2.32. The fourth-order valence-corrected chi connectivity index (χ4v) is 3.24. The molecule has 1 atom stereocenters. The van der Waals surface area contributed by atoms with Gasteiger partial charge in [0.2, 0.25) is 0 Å². The minimum Gasteiger partial charge on any atom is -0.356 e. The van der Waals surface area contributed by atoms with E-state index in [2.05, 4.69) is 42.8 Å². The molecule has 1 aliphatic heterocycles. The second-order valence-electron chi connectivity index (χ2n) is 5.91. The Kier molecular flexibility index (Phi) is 3.25. The fraction of sp³-hybridized carbons (Fsp3) is 0.353. The summed E-state index contributed by atoms with van der Waals surface area (Å²) in [6.45, 7) is 4.05. The number of aromatic nitrogens is 4. The predicted molar refractivity (Wildman–Crippen MR) is 86.1 cm³/mol. The number of aryl methyl sites for hydroxylation is 1. The van der Waals surface area contributed by atoms with Gasteiger partial charge >= 0.3 is 0 Å². The highest BCUT2D eigenvalue weighted by Crippen LogP contribution is 2.28. The zero-order valence-corrected chi connectivity index (χ0v) is 12.7. The van der Waals surface area contributed by atoms with Crippen molar-refractivity contribution in [2.24, 2.45) is 0 Å². The molecule has 0 radical (unpaired) electrons. The van der Waals surface area contributed by atoms with Crippen LogP contribution >= 0.6 is 0 Å². The molecular formula is C17H19N5. The average Bonchev–Trinajstić information content (AvgIpc) is 2.99. The molecule has 5 nitrogen and oxygen atoms in total. The molecule has 0 bridgehead atoms. The molecular weight excluding hydrogens is 274 g/mol. The first-order chi connectivity index (χ1) is 10.8. The third-order valence-corrected chi connectivity index (χ3v) is 4.32. The Hall–Kier alpha value is -2.43. The maximum atomic E-state index is 4.66. The zero-order chi connectivity index (χ0) is 14.9. The molecule has 0 spiro atoms. The summed E-state index contributed by atoms with van der Waals surface area (Å²) in [5.74, 6) is 2.53. The molecule has 1 aliphatic rings.